The Labute approximate surface area is 183 Å². The van der Waals surface area contributed by atoms with E-state index in [-0.39, 0.29) is 0 Å². The van der Waals surface area contributed by atoms with Gasteiger partial charge in [0.05, 0.1) is 5.82 Å². The van der Waals surface area contributed by atoms with Gasteiger partial charge in [-0.15, -0.1) is 25.7 Å². The maximum atomic E-state index is 4.02. The van der Waals surface area contributed by atoms with E-state index in [9.17, 15) is 0 Å². The van der Waals surface area contributed by atoms with Gasteiger partial charge >= 0.3 is 0 Å². The highest BCUT2D eigenvalue weighted by Gasteiger charge is 2.12. The number of hydrogen-bond donors (Lipinski definition) is 4. The molecule has 0 saturated carbocycles. The van der Waals surface area contributed by atoms with Gasteiger partial charge in [0.1, 0.15) is 0 Å². The lowest BCUT2D eigenvalue weighted by Gasteiger charge is -2.26. The Morgan fingerprint density at radius 2 is 1.50 bits per heavy atom. The first-order valence-electron chi connectivity index (χ1n) is 9.98. The number of nitrogens with one attached hydrogen (secondary N) is 4. The number of aryl methyl sites for hydroxylation is 2. The van der Waals surface area contributed by atoms with E-state index in [1.807, 2.05) is 19.2 Å². The van der Waals surface area contributed by atoms with Gasteiger partial charge in [0, 0.05) is 24.5 Å². The fourth-order valence-electron chi connectivity index (χ4n) is 2.91. The van der Waals surface area contributed by atoms with Gasteiger partial charge in [0.15, 0.2) is 0 Å². The van der Waals surface area contributed by atoms with E-state index in [1.54, 1.807) is 0 Å². The summed E-state index contributed by atoms with van der Waals surface area (Å²) in [5, 5.41) is 13.2. The molecule has 4 heteroatoms. The largest absolute Gasteiger partial charge is 0.388 e. The maximum Gasteiger partial charge on any atom is 0.0959 e. The lowest BCUT2D eigenvalue weighted by atomic mass is 10.1. The Balaban J connectivity index is 0.000000547. The van der Waals surface area contributed by atoms with Crippen molar-refractivity contribution in [1.82, 2.24) is 10.6 Å². The zero-order valence-electron chi connectivity index (χ0n) is 18.5. The third-order valence-corrected chi connectivity index (χ3v) is 4.48. The van der Waals surface area contributed by atoms with Gasteiger partial charge in [-0.05, 0) is 63.5 Å². The SMILES string of the molecule is C#C.C#C.C=C(Nc1ccc(C)cc1)NC1CCNCC1.CNc1ccccc1C. The molecule has 4 N–H and O–H groups in total. The quantitative estimate of drug-likeness (QED) is 0.543. The number of hydrogen-bond acceptors (Lipinski definition) is 4. The van der Waals surface area contributed by atoms with Crippen molar-refractivity contribution in [1.29, 1.82) is 0 Å². The molecule has 1 heterocycles. The van der Waals surface area contributed by atoms with Crippen LogP contribution in [0.3, 0.4) is 0 Å². The predicted molar refractivity (Wildman–Crippen MR) is 133 cm³/mol. The molecule has 3 rings (SSSR count). The van der Waals surface area contributed by atoms with Gasteiger partial charge < -0.3 is 21.3 Å². The van der Waals surface area contributed by atoms with Gasteiger partial charge in [-0.25, -0.2) is 0 Å². The van der Waals surface area contributed by atoms with E-state index in [4.69, 9.17) is 0 Å². The van der Waals surface area contributed by atoms with Crippen LogP contribution in [0.5, 0.6) is 0 Å². The Hall–Kier alpha value is -3.34. The molecule has 0 unspecified atom stereocenters. The molecule has 160 valence electrons. The highest BCUT2D eigenvalue weighted by Crippen LogP contribution is 2.12. The number of rotatable bonds is 5. The summed E-state index contributed by atoms with van der Waals surface area (Å²) in [5.74, 6) is 0.890. The van der Waals surface area contributed by atoms with Crippen LogP contribution >= 0.6 is 0 Å². The van der Waals surface area contributed by atoms with E-state index >= 15 is 0 Å². The summed E-state index contributed by atoms with van der Waals surface area (Å²) < 4.78 is 0. The van der Waals surface area contributed by atoms with Crippen LogP contribution in [0.4, 0.5) is 11.4 Å². The number of benzene rings is 2. The van der Waals surface area contributed by atoms with Gasteiger partial charge in [-0.3, -0.25) is 0 Å². The number of piperidine rings is 1. The zero-order chi connectivity index (χ0) is 22.8. The Kier molecular flexibility index (Phi) is 14.8. The molecule has 0 radical (unpaired) electrons. The van der Waals surface area contributed by atoms with Crippen molar-refractivity contribution in [3.8, 4) is 25.7 Å². The van der Waals surface area contributed by atoms with E-state index in [2.05, 4.69) is 104 Å². The molecule has 1 fully saturated rings. The predicted octanol–water partition coefficient (Wildman–Crippen LogP) is 4.76. The minimum absolute atomic E-state index is 0.543. The monoisotopic (exact) mass is 404 g/mol. The molecule has 1 saturated heterocycles. The topological polar surface area (TPSA) is 48.1 Å². The average molecular weight is 405 g/mol. The van der Waals surface area contributed by atoms with Crippen LogP contribution in [0.1, 0.15) is 24.0 Å². The molecule has 2 aromatic carbocycles. The van der Waals surface area contributed by atoms with Crippen LogP contribution in [-0.2, 0) is 0 Å². The van der Waals surface area contributed by atoms with Crippen LogP contribution in [0, 0.1) is 39.5 Å². The van der Waals surface area contributed by atoms with Crippen molar-refractivity contribution in [3.05, 3.63) is 72.1 Å². The second-order valence-corrected chi connectivity index (χ2v) is 6.70. The molecule has 0 amide bonds. The molecule has 2 aromatic rings. The van der Waals surface area contributed by atoms with Crippen LogP contribution in [0.2, 0.25) is 0 Å². The summed E-state index contributed by atoms with van der Waals surface area (Å²) >= 11 is 0. The highest BCUT2D eigenvalue weighted by atomic mass is 15.1. The third-order valence-electron chi connectivity index (χ3n) is 4.48. The van der Waals surface area contributed by atoms with E-state index in [0.717, 1.165) is 37.4 Å². The smallest absolute Gasteiger partial charge is 0.0959 e. The fourth-order valence-corrected chi connectivity index (χ4v) is 2.91. The fraction of sp³-hybridized carbons (Fsp3) is 0.308. The van der Waals surface area contributed by atoms with Crippen molar-refractivity contribution in [2.75, 3.05) is 30.8 Å². The van der Waals surface area contributed by atoms with Crippen molar-refractivity contribution >= 4 is 11.4 Å². The first-order chi connectivity index (χ1) is 14.6. The minimum Gasteiger partial charge on any atom is -0.388 e. The number of terminal acetylenes is 2. The van der Waals surface area contributed by atoms with Crippen molar-refractivity contribution in [2.45, 2.75) is 32.7 Å². The molecule has 4 nitrogen and oxygen atoms in total. The van der Waals surface area contributed by atoms with Gasteiger partial charge in [0.25, 0.3) is 0 Å². The van der Waals surface area contributed by atoms with Crippen LogP contribution in [0.15, 0.2) is 60.9 Å². The van der Waals surface area contributed by atoms with Crippen LogP contribution in [-0.4, -0.2) is 26.2 Å². The standard InChI is InChI=1S/C14H21N3.C8H11N.2C2H2/c1-11-3-5-13(6-4-11)16-12(2)17-14-7-9-15-10-8-14;1-7-5-3-4-6-8(7)9-2;2*1-2/h3-6,14-17H,2,7-10H2,1H3;3-6,9H,1-2H3;2*1-2H. The summed E-state index contributed by atoms with van der Waals surface area (Å²) in [5.41, 5.74) is 4.85. The molecule has 1 aliphatic heterocycles. The second kappa shape index (κ2) is 16.6. The van der Waals surface area contributed by atoms with Crippen molar-refractivity contribution < 1.29 is 0 Å². The molecule has 1 aliphatic rings. The van der Waals surface area contributed by atoms with Crippen LogP contribution in [0.25, 0.3) is 0 Å². The maximum absolute atomic E-state index is 4.02. The Bertz CT molecular complexity index is 747. The van der Waals surface area contributed by atoms with Gasteiger partial charge in [-0.2, -0.15) is 0 Å². The lowest BCUT2D eigenvalue weighted by Crippen LogP contribution is -2.40. The average Bonchev–Trinajstić information content (AvgIpc) is 2.79. The summed E-state index contributed by atoms with van der Waals surface area (Å²) in [7, 11) is 1.93. The molecule has 0 atom stereocenters. The van der Waals surface area contributed by atoms with E-state index in [0.29, 0.717) is 6.04 Å². The summed E-state index contributed by atoms with van der Waals surface area (Å²) in [4.78, 5) is 0. The number of para-hydroxylation sites is 1. The summed E-state index contributed by atoms with van der Waals surface area (Å²) in [6.07, 6.45) is 18.3. The second-order valence-electron chi connectivity index (χ2n) is 6.70. The lowest BCUT2D eigenvalue weighted by molar-refractivity contribution is 0.413. The molecule has 0 aliphatic carbocycles. The summed E-state index contributed by atoms with van der Waals surface area (Å²) in [6.45, 7) is 10.4. The zero-order valence-corrected chi connectivity index (χ0v) is 18.5. The first-order valence-corrected chi connectivity index (χ1v) is 9.98. The summed E-state index contributed by atoms with van der Waals surface area (Å²) in [6, 6.07) is 17.1. The molecular formula is C26H36N4. The van der Waals surface area contributed by atoms with Gasteiger partial charge in [-0.1, -0.05) is 42.5 Å². The van der Waals surface area contributed by atoms with E-state index < -0.39 is 0 Å². The first kappa shape index (κ1) is 26.7. The highest BCUT2D eigenvalue weighted by molar-refractivity contribution is 5.49. The molecule has 0 spiro atoms. The normalized spacial score (nSPS) is 12.2. The molecule has 0 bridgehead atoms. The molecule has 30 heavy (non-hydrogen) atoms. The molecule has 0 aromatic heterocycles. The van der Waals surface area contributed by atoms with Crippen molar-refractivity contribution in [3.63, 3.8) is 0 Å². The Morgan fingerprint density at radius 1 is 0.933 bits per heavy atom. The van der Waals surface area contributed by atoms with Gasteiger partial charge in [0.2, 0.25) is 0 Å². The minimum atomic E-state index is 0.543. The third kappa shape index (κ3) is 10.9. The molecular weight excluding hydrogens is 368 g/mol. The van der Waals surface area contributed by atoms with Crippen LogP contribution < -0.4 is 21.3 Å². The number of anilines is 2. The van der Waals surface area contributed by atoms with E-state index in [1.165, 1.54) is 16.8 Å². The Morgan fingerprint density at radius 3 is 2.00 bits per heavy atom. The van der Waals surface area contributed by atoms with Crippen molar-refractivity contribution in [2.24, 2.45) is 0 Å².